The minimum atomic E-state index is -0.350. The number of aromatic nitrogens is 2. The smallest absolute Gasteiger partial charge is 0.149 e. The molecule has 0 radical (unpaired) electrons. The SMILES string of the molecule is Cc1ccc(/C=C(/C#N)c2nc3ccc(F)cc3[nH]2)o1. The van der Waals surface area contributed by atoms with Crippen molar-refractivity contribution in [1.29, 1.82) is 5.26 Å². The van der Waals surface area contributed by atoms with Crippen molar-refractivity contribution < 1.29 is 8.81 Å². The number of nitrogens with zero attached hydrogens (tertiary/aromatic N) is 2. The number of nitriles is 1. The molecule has 0 unspecified atom stereocenters. The highest BCUT2D eigenvalue weighted by Gasteiger charge is 2.09. The average molecular weight is 267 g/mol. The molecule has 0 spiro atoms. The number of imidazole rings is 1. The van der Waals surface area contributed by atoms with Crippen LogP contribution in [0.3, 0.4) is 0 Å². The van der Waals surface area contributed by atoms with Gasteiger partial charge in [-0.15, -0.1) is 0 Å². The number of hydrogen-bond donors (Lipinski definition) is 1. The number of nitrogens with one attached hydrogen (secondary N) is 1. The molecule has 20 heavy (non-hydrogen) atoms. The molecule has 0 saturated heterocycles. The van der Waals surface area contributed by atoms with Crippen molar-refractivity contribution in [3.05, 3.63) is 53.5 Å². The summed E-state index contributed by atoms with van der Waals surface area (Å²) in [6, 6.07) is 9.90. The number of H-pyrrole nitrogens is 1. The van der Waals surface area contributed by atoms with E-state index in [1.54, 1.807) is 18.2 Å². The normalized spacial score (nSPS) is 11.8. The summed E-state index contributed by atoms with van der Waals surface area (Å²) >= 11 is 0. The summed E-state index contributed by atoms with van der Waals surface area (Å²) in [6.45, 7) is 1.83. The first-order chi connectivity index (χ1) is 9.65. The molecular formula is C15H10FN3O. The summed E-state index contributed by atoms with van der Waals surface area (Å²) < 4.78 is 18.5. The highest BCUT2D eigenvalue weighted by atomic mass is 19.1. The summed E-state index contributed by atoms with van der Waals surface area (Å²) in [5.41, 5.74) is 1.49. The van der Waals surface area contributed by atoms with E-state index >= 15 is 0 Å². The van der Waals surface area contributed by atoms with E-state index in [2.05, 4.69) is 16.0 Å². The Labute approximate surface area is 114 Å². The predicted octanol–water partition coefficient (Wildman–Crippen LogP) is 3.67. The second-order valence-corrected chi connectivity index (χ2v) is 4.37. The maximum atomic E-state index is 13.1. The first kappa shape index (κ1) is 12.2. The molecule has 0 amide bonds. The van der Waals surface area contributed by atoms with Gasteiger partial charge in [0, 0.05) is 6.08 Å². The second-order valence-electron chi connectivity index (χ2n) is 4.37. The van der Waals surface area contributed by atoms with Crippen LogP contribution < -0.4 is 0 Å². The molecule has 2 aromatic heterocycles. The van der Waals surface area contributed by atoms with Crippen molar-refractivity contribution in [2.45, 2.75) is 6.92 Å². The zero-order chi connectivity index (χ0) is 14.1. The van der Waals surface area contributed by atoms with Gasteiger partial charge in [0.25, 0.3) is 0 Å². The number of fused-ring (bicyclic) bond motifs is 1. The van der Waals surface area contributed by atoms with Crippen LogP contribution in [0.5, 0.6) is 0 Å². The maximum Gasteiger partial charge on any atom is 0.149 e. The molecule has 0 bridgehead atoms. The topological polar surface area (TPSA) is 65.6 Å². The van der Waals surface area contributed by atoms with Crippen molar-refractivity contribution in [3.8, 4) is 6.07 Å². The number of rotatable bonds is 2. The van der Waals surface area contributed by atoms with E-state index in [4.69, 9.17) is 4.42 Å². The molecule has 0 aliphatic rings. The van der Waals surface area contributed by atoms with Gasteiger partial charge in [-0.1, -0.05) is 0 Å². The van der Waals surface area contributed by atoms with E-state index < -0.39 is 0 Å². The fourth-order valence-electron chi connectivity index (χ4n) is 1.94. The Kier molecular flexibility index (Phi) is 2.84. The molecule has 1 aromatic carbocycles. The van der Waals surface area contributed by atoms with Crippen LogP contribution in [-0.2, 0) is 0 Å². The molecular weight excluding hydrogens is 257 g/mol. The van der Waals surface area contributed by atoms with Gasteiger partial charge in [0.15, 0.2) is 0 Å². The molecule has 0 aliphatic carbocycles. The highest BCUT2D eigenvalue weighted by molar-refractivity contribution is 5.89. The molecule has 1 N–H and O–H groups in total. The number of aromatic amines is 1. The van der Waals surface area contributed by atoms with Gasteiger partial charge in [0.05, 0.1) is 16.6 Å². The summed E-state index contributed by atoms with van der Waals surface area (Å²) in [5.74, 6) is 1.38. The zero-order valence-corrected chi connectivity index (χ0v) is 10.6. The van der Waals surface area contributed by atoms with Crippen molar-refractivity contribution in [2.75, 3.05) is 0 Å². The number of halogens is 1. The number of allylic oxidation sites excluding steroid dienone is 1. The van der Waals surface area contributed by atoms with Gasteiger partial charge in [0.2, 0.25) is 0 Å². The standard InChI is InChI=1S/C15H10FN3O/c1-9-2-4-12(20-9)6-10(8-17)15-18-13-5-3-11(16)7-14(13)19-15/h2-7H,1H3,(H,18,19)/b10-6-. The van der Waals surface area contributed by atoms with Gasteiger partial charge in [-0.2, -0.15) is 5.26 Å². The summed E-state index contributed by atoms with van der Waals surface area (Å²) in [4.78, 5) is 7.20. The van der Waals surface area contributed by atoms with Crippen LogP contribution in [0.4, 0.5) is 4.39 Å². The lowest BCUT2D eigenvalue weighted by molar-refractivity contribution is 0.525. The number of aryl methyl sites for hydroxylation is 1. The Hall–Kier alpha value is -2.87. The lowest BCUT2D eigenvalue weighted by atomic mass is 10.2. The lowest BCUT2D eigenvalue weighted by Crippen LogP contribution is -1.84. The van der Waals surface area contributed by atoms with Gasteiger partial charge in [-0.3, -0.25) is 0 Å². The van der Waals surface area contributed by atoms with Crippen LogP contribution >= 0.6 is 0 Å². The molecule has 0 fully saturated rings. The van der Waals surface area contributed by atoms with Crippen molar-refractivity contribution in [3.63, 3.8) is 0 Å². The monoisotopic (exact) mass is 267 g/mol. The van der Waals surface area contributed by atoms with E-state index in [0.717, 1.165) is 5.76 Å². The molecule has 98 valence electrons. The number of furan rings is 1. The Balaban J connectivity index is 2.07. The molecule has 5 heteroatoms. The minimum absolute atomic E-state index is 0.330. The fraction of sp³-hybridized carbons (Fsp3) is 0.0667. The number of benzene rings is 1. The third kappa shape index (κ3) is 2.19. The summed E-state index contributed by atoms with van der Waals surface area (Å²) in [7, 11) is 0. The second kappa shape index (κ2) is 4.67. The Morgan fingerprint density at radius 2 is 2.25 bits per heavy atom. The first-order valence-corrected chi connectivity index (χ1v) is 5.99. The van der Waals surface area contributed by atoms with Crippen molar-refractivity contribution >= 4 is 22.7 Å². The first-order valence-electron chi connectivity index (χ1n) is 5.99. The van der Waals surface area contributed by atoms with Crippen LogP contribution in [0.25, 0.3) is 22.7 Å². The third-order valence-corrected chi connectivity index (χ3v) is 2.87. The largest absolute Gasteiger partial charge is 0.462 e. The van der Waals surface area contributed by atoms with Crippen LogP contribution in [0.1, 0.15) is 17.3 Å². The van der Waals surface area contributed by atoms with Crippen LogP contribution in [0.2, 0.25) is 0 Å². The molecule has 0 aliphatic heterocycles. The molecule has 3 aromatic rings. The van der Waals surface area contributed by atoms with Crippen molar-refractivity contribution in [2.24, 2.45) is 0 Å². The van der Waals surface area contributed by atoms with E-state index in [1.807, 2.05) is 13.0 Å². The third-order valence-electron chi connectivity index (χ3n) is 2.87. The van der Waals surface area contributed by atoms with Crippen LogP contribution in [0.15, 0.2) is 34.7 Å². The molecule has 0 atom stereocenters. The molecule has 0 saturated carbocycles. The zero-order valence-electron chi connectivity index (χ0n) is 10.6. The van der Waals surface area contributed by atoms with Crippen molar-refractivity contribution in [1.82, 2.24) is 9.97 Å². The lowest BCUT2D eigenvalue weighted by Gasteiger charge is -1.91. The summed E-state index contributed by atoms with van der Waals surface area (Å²) in [6.07, 6.45) is 1.60. The Bertz CT molecular complexity index is 852. The van der Waals surface area contributed by atoms with Gasteiger partial charge in [-0.25, -0.2) is 9.37 Å². The van der Waals surface area contributed by atoms with Gasteiger partial charge < -0.3 is 9.40 Å². The van der Waals surface area contributed by atoms with Crippen LogP contribution in [-0.4, -0.2) is 9.97 Å². The van der Waals surface area contributed by atoms with Gasteiger partial charge in [-0.05, 0) is 37.3 Å². The maximum absolute atomic E-state index is 13.1. The van der Waals surface area contributed by atoms with Gasteiger partial charge >= 0.3 is 0 Å². The predicted molar refractivity (Wildman–Crippen MR) is 73.0 cm³/mol. The quantitative estimate of drug-likeness (QED) is 0.720. The molecule has 2 heterocycles. The van der Waals surface area contributed by atoms with E-state index in [0.29, 0.717) is 28.2 Å². The highest BCUT2D eigenvalue weighted by Crippen LogP contribution is 2.20. The average Bonchev–Trinajstić information content (AvgIpc) is 3.01. The Morgan fingerprint density at radius 1 is 1.40 bits per heavy atom. The van der Waals surface area contributed by atoms with E-state index in [9.17, 15) is 9.65 Å². The molecule has 3 rings (SSSR count). The number of hydrogen-bond acceptors (Lipinski definition) is 3. The van der Waals surface area contributed by atoms with E-state index in [1.165, 1.54) is 12.1 Å². The van der Waals surface area contributed by atoms with E-state index in [-0.39, 0.29) is 5.82 Å². The van der Waals surface area contributed by atoms with Crippen LogP contribution in [0, 0.1) is 24.1 Å². The minimum Gasteiger partial charge on any atom is -0.462 e. The Morgan fingerprint density at radius 3 is 2.95 bits per heavy atom. The fourth-order valence-corrected chi connectivity index (χ4v) is 1.94. The molecule has 4 nitrogen and oxygen atoms in total. The van der Waals surface area contributed by atoms with Gasteiger partial charge in [0.1, 0.15) is 29.2 Å². The summed E-state index contributed by atoms with van der Waals surface area (Å²) in [5, 5.41) is 9.23.